The average Bonchev–Trinajstić information content (AvgIpc) is 2.47. The van der Waals surface area contributed by atoms with Crippen LogP contribution >= 0.6 is 0 Å². The van der Waals surface area contributed by atoms with Crippen molar-refractivity contribution in [3.05, 3.63) is 28.8 Å². The summed E-state index contributed by atoms with van der Waals surface area (Å²) in [7, 11) is -3.43. The van der Waals surface area contributed by atoms with Crippen LogP contribution in [-0.2, 0) is 16.6 Å². The summed E-state index contributed by atoms with van der Waals surface area (Å²) in [5.74, 6) is 0. The molecule has 1 fully saturated rings. The predicted molar refractivity (Wildman–Crippen MR) is 85.6 cm³/mol. The fourth-order valence-corrected chi connectivity index (χ4v) is 5.22. The van der Waals surface area contributed by atoms with Gasteiger partial charge in [0.2, 0.25) is 10.0 Å². The Morgan fingerprint density at radius 2 is 1.95 bits per heavy atom. The summed E-state index contributed by atoms with van der Waals surface area (Å²) >= 11 is 0. The lowest BCUT2D eigenvalue weighted by Gasteiger charge is -2.34. The van der Waals surface area contributed by atoms with E-state index in [1.807, 2.05) is 19.9 Å². The van der Waals surface area contributed by atoms with Gasteiger partial charge in [0, 0.05) is 19.1 Å². The highest BCUT2D eigenvalue weighted by Crippen LogP contribution is 2.29. The number of hydrogen-bond acceptors (Lipinski definition) is 3. The first-order chi connectivity index (χ1) is 9.91. The smallest absolute Gasteiger partial charge is 0.243 e. The van der Waals surface area contributed by atoms with Crippen molar-refractivity contribution in [3.8, 4) is 0 Å². The molecule has 0 radical (unpaired) electrons. The third-order valence-electron chi connectivity index (χ3n) is 4.48. The molecule has 1 aromatic carbocycles. The molecule has 1 heterocycles. The molecule has 2 N–H and O–H groups in total. The predicted octanol–water partition coefficient (Wildman–Crippen LogP) is 2.72. The minimum absolute atomic E-state index is 0.130. The van der Waals surface area contributed by atoms with Crippen LogP contribution < -0.4 is 5.73 Å². The third-order valence-corrected chi connectivity index (χ3v) is 6.58. The van der Waals surface area contributed by atoms with E-state index in [2.05, 4.69) is 6.92 Å². The Labute approximate surface area is 128 Å². The monoisotopic (exact) mass is 310 g/mol. The highest BCUT2D eigenvalue weighted by Gasteiger charge is 2.33. The SMILES string of the molecule is CCC1CCCCN1S(=O)(=O)c1cc(CN)c(C)cc1C. The van der Waals surface area contributed by atoms with Crippen molar-refractivity contribution < 1.29 is 8.42 Å². The van der Waals surface area contributed by atoms with Crippen molar-refractivity contribution in [2.75, 3.05) is 6.54 Å². The van der Waals surface area contributed by atoms with Crippen molar-refractivity contribution in [2.45, 2.75) is 63.9 Å². The summed E-state index contributed by atoms with van der Waals surface area (Å²) in [6, 6.07) is 3.83. The van der Waals surface area contributed by atoms with E-state index < -0.39 is 10.0 Å². The summed E-state index contributed by atoms with van der Waals surface area (Å²) in [5, 5.41) is 0. The Morgan fingerprint density at radius 3 is 2.57 bits per heavy atom. The standard InChI is InChI=1S/C16H26N2O2S/c1-4-15-7-5-6-8-18(15)21(19,20)16-10-14(11-17)12(2)9-13(16)3/h9-10,15H,4-8,11,17H2,1-3H3. The molecule has 2 rings (SSSR count). The van der Waals surface area contributed by atoms with Crippen molar-refractivity contribution >= 4 is 10.0 Å². The van der Waals surface area contributed by atoms with Gasteiger partial charge in [0.25, 0.3) is 0 Å². The molecular formula is C16H26N2O2S. The molecule has 4 nitrogen and oxygen atoms in total. The highest BCUT2D eigenvalue weighted by molar-refractivity contribution is 7.89. The van der Waals surface area contributed by atoms with Gasteiger partial charge in [-0.15, -0.1) is 0 Å². The molecule has 0 spiro atoms. The Kier molecular flexibility index (Phi) is 5.07. The largest absolute Gasteiger partial charge is 0.326 e. The van der Waals surface area contributed by atoms with Gasteiger partial charge in [0.1, 0.15) is 0 Å². The van der Waals surface area contributed by atoms with Gasteiger partial charge in [-0.2, -0.15) is 4.31 Å². The first-order valence-corrected chi connectivity index (χ1v) is 9.17. The fourth-order valence-electron chi connectivity index (χ4n) is 3.20. The zero-order chi connectivity index (χ0) is 15.6. The molecule has 1 saturated heterocycles. The van der Waals surface area contributed by atoms with E-state index in [9.17, 15) is 8.42 Å². The lowest BCUT2D eigenvalue weighted by molar-refractivity contribution is 0.246. The van der Waals surface area contributed by atoms with E-state index in [0.717, 1.165) is 42.4 Å². The van der Waals surface area contributed by atoms with Gasteiger partial charge < -0.3 is 5.73 Å². The molecule has 0 bridgehead atoms. The molecule has 5 heteroatoms. The number of aryl methyl sites for hydroxylation is 2. The zero-order valence-electron chi connectivity index (χ0n) is 13.2. The molecule has 0 aliphatic carbocycles. The van der Waals surface area contributed by atoms with Gasteiger partial charge >= 0.3 is 0 Å². The van der Waals surface area contributed by atoms with E-state index in [0.29, 0.717) is 18.0 Å². The molecule has 1 atom stereocenters. The van der Waals surface area contributed by atoms with Crippen LogP contribution in [0, 0.1) is 13.8 Å². The maximum Gasteiger partial charge on any atom is 0.243 e. The van der Waals surface area contributed by atoms with Crippen LogP contribution in [0.4, 0.5) is 0 Å². The topological polar surface area (TPSA) is 63.4 Å². The second-order valence-electron chi connectivity index (χ2n) is 5.92. The maximum atomic E-state index is 13.0. The van der Waals surface area contributed by atoms with Crippen LogP contribution in [0.15, 0.2) is 17.0 Å². The Bertz CT molecular complexity index is 611. The number of hydrogen-bond donors (Lipinski definition) is 1. The molecule has 1 aromatic rings. The van der Waals surface area contributed by atoms with Gasteiger partial charge in [-0.05, 0) is 55.9 Å². The lowest BCUT2D eigenvalue weighted by atomic mass is 10.0. The maximum absolute atomic E-state index is 13.0. The van der Waals surface area contributed by atoms with Gasteiger partial charge in [-0.3, -0.25) is 0 Å². The molecule has 118 valence electrons. The van der Waals surface area contributed by atoms with Gasteiger partial charge in [0.15, 0.2) is 0 Å². The van der Waals surface area contributed by atoms with E-state index in [4.69, 9.17) is 5.73 Å². The van der Waals surface area contributed by atoms with Crippen LogP contribution in [0.1, 0.15) is 49.3 Å². The Morgan fingerprint density at radius 1 is 1.24 bits per heavy atom. The van der Waals surface area contributed by atoms with Crippen LogP contribution in [0.5, 0.6) is 0 Å². The normalized spacial score (nSPS) is 20.7. The number of benzene rings is 1. The Balaban J connectivity index is 2.48. The number of piperidine rings is 1. The van der Waals surface area contributed by atoms with Gasteiger partial charge in [0.05, 0.1) is 4.90 Å². The van der Waals surface area contributed by atoms with Crippen molar-refractivity contribution in [1.29, 1.82) is 0 Å². The summed E-state index contributed by atoms with van der Waals surface area (Å²) < 4.78 is 27.8. The summed E-state index contributed by atoms with van der Waals surface area (Å²) in [5.41, 5.74) is 8.51. The number of rotatable bonds is 4. The Hall–Kier alpha value is -0.910. The molecule has 1 aliphatic heterocycles. The van der Waals surface area contributed by atoms with Gasteiger partial charge in [-0.1, -0.05) is 19.4 Å². The molecule has 21 heavy (non-hydrogen) atoms. The number of sulfonamides is 1. The third kappa shape index (κ3) is 3.15. The highest BCUT2D eigenvalue weighted by atomic mass is 32.2. The number of nitrogens with two attached hydrogens (primary N) is 1. The summed E-state index contributed by atoms with van der Waals surface area (Å²) in [6.45, 7) is 6.90. The molecular weight excluding hydrogens is 284 g/mol. The van der Waals surface area contributed by atoms with Crippen LogP contribution in [0.2, 0.25) is 0 Å². The van der Waals surface area contributed by atoms with Crippen molar-refractivity contribution in [3.63, 3.8) is 0 Å². The van der Waals surface area contributed by atoms with E-state index in [1.54, 1.807) is 10.4 Å². The molecule has 0 aromatic heterocycles. The fraction of sp³-hybridized carbons (Fsp3) is 0.625. The minimum atomic E-state index is -3.43. The summed E-state index contributed by atoms with van der Waals surface area (Å²) in [6.07, 6.45) is 3.90. The van der Waals surface area contributed by atoms with Gasteiger partial charge in [-0.25, -0.2) is 8.42 Å². The molecule has 0 saturated carbocycles. The van der Waals surface area contributed by atoms with E-state index in [1.165, 1.54) is 0 Å². The van der Waals surface area contributed by atoms with E-state index >= 15 is 0 Å². The second-order valence-corrected chi connectivity index (χ2v) is 7.78. The van der Waals surface area contributed by atoms with Crippen LogP contribution in [0.3, 0.4) is 0 Å². The molecule has 1 unspecified atom stereocenters. The number of nitrogens with zero attached hydrogens (tertiary/aromatic N) is 1. The zero-order valence-corrected chi connectivity index (χ0v) is 14.0. The molecule has 0 amide bonds. The van der Waals surface area contributed by atoms with Crippen LogP contribution in [-0.4, -0.2) is 25.3 Å². The van der Waals surface area contributed by atoms with Crippen molar-refractivity contribution in [2.24, 2.45) is 5.73 Å². The van der Waals surface area contributed by atoms with Crippen molar-refractivity contribution in [1.82, 2.24) is 4.31 Å². The first kappa shape index (κ1) is 16.5. The average molecular weight is 310 g/mol. The first-order valence-electron chi connectivity index (χ1n) is 7.73. The second kappa shape index (κ2) is 6.46. The quantitative estimate of drug-likeness (QED) is 0.930. The van der Waals surface area contributed by atoms with Crippen LogP contribution in [0.25, 0.3) is 0 Å². The molecule has 1 aliphatic rings. The lowest BCUT2D eigenvalue weighted by Crippen LogP contribution is -2.43. The van der Waals surface area contributed by atoms with E-state index in [-0.39, 0.29) is 6.04 Å². The minimum Gasteiger partial charge on any atom is -0.326 e. The summed E-state index contributed by atoms with van der Waals surface area (Å²) in [4.78, 5) is 0.425.